The van der Waals surface area contributed by atoms with Crippen LogP contribution in [0, 0.1) is 0 Å². The van der Waals surface area contributed by atoms with E-state index >= 15 is 0 Å². The Morgan fingerprint density at radius 3 is 2.70 bits per heavy atom. The molecule has 170 valence electrons. The fraction of sp³-hybridized carbons (Fsp3) is 0.308. The predicted molar refractivity (Wildman–Crippen MR) is 131 cm³/mol. The number of rotatable bonds is 5. The number of pyridine rings is 1. The quantitative estimate of drug-likeness (QED) is 0.473. The van der Waals surface area contributed by atoms with E-state index < -0.39 is 0 Å². The van der Waals surface area contributed by atoms with Crippen LogP contribution in [0.25, 0.3) is 22.0 Å². The van der Waals surface area contributed by atoms with Gasteiger partial charge in [0.05, 0.1) is 25.4 Å². The molecule has 0 atom stereocenters. The van der Waals surface area contributed by atoms with Crippen molar-refractivity contribution in [1.29, 1.82) is 0 Å². The second kappa shape index (κ2) is 8.84. The monoisotopic (exact) mass is 443 g/mol. The summed E-state index contributed by atoms with van der Waals surface area (Å²) in [6.45, 7) is 6.97. The summed E-state index contributed by atoms with van der Waals surface area (Å²) in [5.74, 6) is 0.755. The Labute approximate surface area is 193 Å². The molecule has 0 saturated heterocycles. The number of aliphatic hydroxyl groups is 1. The van der Waals surface area contributed by atoms with E-state index in [4.69, 9.17) is 4.74 Å². The molecule has 7 heteroatoms. The molecule has 2 aromatic heterocycles. The van der Waals surface area contributed by atoms with Gasteiger partial charge in [0.1, 0.15) is 5.75 Å². The molecule has 5 rings (SSSR count). The molecule has 1 aliphatic rings. The fourth-order valence-corrected chi connectivity index (χ4v) is 4.56. The Balaban J connectivity index is 1.63. The standard InChI is InChI=1S/C26H29N5O2/c1-17(2)30-6-7-31(26-11-23(33-3)10-20(16-32)24(26)15-30)22-4-5-25-18(9-22)8-19(12-27-25)21-13-28-29-14-21/h4-5,8-14,17,32H,6-7,15-16H2,1-3H3,(H,28,29). The van der Waals surface area contributed by atoms with E-state index in [0.29, 0.717) is 6.04 Å². The molecule has 2 aromatic carbocycles. The van der Waals surface area contributed by atoms with E-state index in [1.807, 2.05) is 18.5 Å². The lowest BCUT2D eigenvalue weighted by atomic mass is 10.0. The van der Waals surface area contributed by atoms with Gasteiger partial charge in [-0.25, -0.2) is 0 Å². The smallest absolute Gasteiger partial charge is 0.121 e. The van der Waals surface area contributed by atoms with Crippen LogP contribution in [-0.2, 0) is 13.2 Å². The first kappa shape index (κ1) is 21.4. The average Bonchev–Trinajstić information content (AvgIpc) is 3.30. The zero-order valence-electron chi connectivity index (χ0n) is 19.2. The van der Waals surface area contributed by atoms with Crippen molar-refractivity contribution >= 4 is 22.3 Å². The number of aliphatic hydroxyl groups excluding tert-OH is 1. The second-order valence-electron chi connectivity index (χ2n) is 8.75. The molecular formula is C26H29N5O2. The molecular weight excluding hydrogens is 414 g/mol. The van der Waals surface area contributed by atoms with Crippen LogP contribution in [0.4, 0.5) is 11.4 Å². The molecule has 0 aliphatic carbocycles. The molecule has 7 nitrogen and oxygen atoms in total. The van der Waals surface area contributed by atoms with Crippen LogP contribution in [0.3, 0.4) is 0 Å². The van der Waals surface area contributed by atoms with E-state index in [-0.39, 0.29) is 6.61 Å². The number of nitrogens with one attached hydrogen (secondary N) is 1. The average molecular weight is 444 g/mol. The van der Waals surface area contributed by atoms with E-state index in [2.05, 4.69) is 69.2 Å². The van der Waals surface area contributed by atoms with Gasteiger partial charge in [0.2, 0.25) is 0 Å². The third-order valence-electron chi connectivity index (χ3n) is 6.50. The molecule has 0 bridgehead atoms. The molecule has 0 radical (unpaired) electrons. The number of H-pyrrole nitrogens is 1. The van der Waals surface area contributed by atoms with Gasteiger partial charge in [-0.05, 0) is 55.3 Å². The molecule has 2 N–H and O–H groups in total. The van der Waals surface area contributed by atoms with E-state index in [0.717, 1.165) is 69.9 Å². The highest BCUT2D eigenvalue weighted by atomic mass is 16.5. The van der Waals surface area contributed by atoms with Crippen molar-refractivity contribution in [3.63, 3.8) is 0 Å². The lowest BCUT2D eigenvalue weighted by Crippen LogP contribution is -2.34. The molecule has 1 aliphatic heterocycles. The molecule has 0 amide bonds. The van der Waals surface area contributed by atoms with Gasteiger partial charge in [-0.1, -0.05) is 0 Å². The first-order valence-corrected chi connectivity index (χ1v) is 11.3. The maximum Gasteiger partial charge on any atom is 0.121 e. The number of anilines is 2. The molecule has 0 spiro atoms. The maximum absolute atomic E-state index is 10.1. The van der Waals surface area contributed by atoms with Crippen LogP contribution >= 0.6 is 0 Å². The third kappa shape index (κ3) is 4.05. The Morgan fingerprint density at radius 2 is 1.97 bits per heavy atom. The van der Waals surface area contributed by atoms with Crippen molar-refractivity contribution in [3.05, 3.63) is 66.1 Å². The normalized spacial score (nSPS) is 14.5. The van der Waals surface area contributed by atoms with Crippen LogP contribution in [0.5, 0.6) is 5.75 Å². The SMILES string of the molecule is COc1cc(CO)c2c(c1)N(c1ccc3ncc(-c4cn[nH]c4)cc3c1)CCN(C(C)C)C2. The summed E-state index contributed by atoms with van der Waals surface area (Å²) in [4.78, 5) is 9.44. The van der Waals surface area contributed by atoms with E-state index in [1.165, 1.54) is 0 Å². The highest BCUT2D eigenvalue weighted by Gasteiger charge is 2.25. The number of methoxy groups -OCH3 is 1. The largest absolute Gasteiger partial charge is 0.497 e. The number of fused-ring (bicyclic) bond motifs is 2. The van der Waals surface area contributed by atoms with Gasteiger partial charge >= 0.3 is 0 Å². The predicted octanol–water partition coefficient (Wildman–Crippen LogP) is 4.49. The minimum Gasteiger partial charge on any atom is -0.497 e. The van der Waals surface area contributed by atoms with E-state index in [1.54, 1.807) is 13.3 Å². The molecule has 3 heterocycles. The van der Waals surface area contributed by atoms with E-state index in [9.17, 15) is 5.11 Å². The number of aromatic amines is 1. The van der Waals surface area contributed by atoms with Gasteiger partial charge in [-0.3, -0.25) is 15.0 Å². The lowest BCUT2D eigenvalue weighted by Gasteiger charge is -2.27. The summed E-state index contributed by atoms with van der Waals surface area (Å²) < 4.78 is 5.58. The summed E-state index contributed by atoms with van der Waals surface area (Å²) in [7, 11) is 1.67. The van der Waals surface area contributed by atoms with Crippen LogP contribution in [0.1, 0.15) is 25.0 Å². The lowest BCUT2D eigenvalue weighted by molar-refractivity contribution is 0.220. The highest BCUT2D eigenvalue weighted by molar-refractivity contribution is 5.87. The summed E-state index contributed by atoms with van der Waals surface area (Å²) >= 11 is 0. The van der Waals surface area contributed by atoms with Crippen LogP contribution < -0.4 is 9.64 Å². The molecule has 0 unspecified atom stereocenters. The maximum atomic E-state index is 10.1. The van der Waals surface area contributed by atoms with Gasteiger partial charge in [-0.15, -0.1) is 0 Å². The number of aromatic nitrogens is 3. The zero-order chi connectivity index (χ0) is 22.9. The van der Waals surface area contributed by atoms with Crippen molar-refractivity contribution in [2.24, 2.45) is 0 Å². The van der Waals surface area contributed by atoms with Crippen LogP contribution in [-0.4, -0.2) is 51.4 Å². The Hall–Kier alpha value is -3.42. The summed E-state index contributed by atoms with van der Waals surface area (Å²) in [5, 5.41) is 18.1. The van der Waals surface area contributed by atoms with Crippen molar-refractivity contribution in [2.75, 3.05) is 25.1 Å². The number of hydrogen-bond donors (Lipinski definition) is 2. The number of hydrogen-bond acceptors (Lipinski definition) is 6. The zero-order valence-corrected chi connectivity index (χ0v) is 19.2. The van der Waals surface area contributed by atoms with Gasteiger partial charge < -0.3 is 14.7 Å². The first-order chi connectivity index (χ1) is 16.1. The van der Waals surface area contributed by atoms with Crippen molar-refractivity contribution < 1.29 is 9.84 Å². The van der Waals surface area contributed by atoms with Gasteiger partial charge in [0.25, 0.3) is 0 Å². The summed E-state index contributed by atoms with van der Waals surface area (Å²) in [6, 6.07) is 13.0. The molecule has 33 heavy (non-hydrogen) atoms. The first-order valence-electron chi connectivity index (χ1n) is 11.3. The Morgan fingerprint density at radius 1 is 1.09 bits per heavy atom. The third-order valence-corrected chi connectivity index (χ3v) is 6.50. The summed E-state index contributed by atoms with van der Waals surface area (Å²) in [6.07, 6.45) is 5.56. The number of ether oxygens (including phenoxy) is 1. The minimum atomic E-state index is -0.0188. The fourth-order valence-electron chi connectivity index (χ4n) is 4.56. The molecule has 4 aromatic rings. The topological polar surface area (TPSA) is 77.5 Å². The van der Waals surface area contributed by atoms with Crippen LogP contribution in [0.15, 0.2) is 55.0 Å². The van der Waals surface area contributed by atoms with Crippen molar-refractivity contribution in [1.82, 2.24) is 20.1 Å². The molecule has 0 fully saturated rings. The Bertz CT molecular complexity index is 1270. The van der Waals surface area contributed by atoms with Crippen molar-refractivity contribution in [2.45, 2.75) is 33.0 Å². The highest BCUT2D eigenvalue weighted by Crippen LogP contribution is 2.38. The molecule has 0 saturated carbocycles. The second-order valence-corrected chi connectivity index (χ2v) is 8.75. The number of benzene rings is 2. The summed E-state index contributed by atoms with van der Waals surface area (Å²) in [5.41, 5.74) is 7.23. The Kier molecular flexibility index (Phi) is 5.74. The van der Waals surface area contributed by atoms with Crippen LogP contribution in [0.2, 0.25) is 0 Å². The number of nitrogens with zero attached hydrogens (tertiary/aromatic N) is 4. The van der Waals surface area contributed by atoms with Crippen molar-refractivity contribution in [3.8, 4) is 16.9 Å². The van der Waals surface area contributed by atoms with Gasteiger partial charge in [0.15, 0.2) is 0 Å². The minimum absolute atomic E-state index is 0.0188. The van der Waals surface area contributed by atoms with Gasteiger partial charge in [0, 0.05) is 72.0 Å². The van der Waals surface area contributed by atoms with Gasteiger partial charge in [-0.2, -0.15) is 5.10 Å².